The van der Waals surface area contributed by atoms with Crippen LogP contribution >= 0.6 is 0 Å². The molecule has 3 rings (SSSR count). The zero-order chi connectivity index (χ0) is 16.4. The fourth-order valence-electron chi connectivity index (χ4n) is 3.62. The van der Waals surface area contributed by atoms with Gasteiger partial charge in [0.15, 0.2) is 0 Å². The number of imide groups is 1. The van der Waals surface area contributed by atoms with E-state index in [4.69, 9.17) is 4.74 Å². The molecule has 3 N–H and O–H groups in total. The maximum Gasteiger partial charge on any atom is 0.322 e. The summed E-state index contributed by atoms with van der Waals surface area (Å²) in [5, 5.41) is 7.93. The van der Waals surface area contributed by atoms with Crippen LogP contribution in [0.5, 0.6) is 0 Å². The maximum absolute atomic E-state index is 12.2. The van der Waals surface area contributed by atoms with Gasteiger partial charge in [0.1, 0.15) is 5.54 Å². The lowest BCUT2D eigenvalue weighted by atomic mass is 9.79. The van der Waals surface area contributed by atoms with Gasteiger partial charge in [-0.15, -0.1) is 0 Å². The van der Waals surface area contributed by atoms with E-state index in [1.165, 1.54) is 0 Å². The Bertz CT molecular complexity index is 498. The molecule has 0 aromatic carbocycles. The van der Waals surface area contributed by atoms with Crippen molar-refractivity contribution in [3.8, 4) is 0 Å². The summed E-state index contributed by atoms with van der Waals surface area (Å²) >= 11 is 0. The van der Waals surface area contributed by atoms with E-state index in [9.17, 15) is 14.4 Å². The highest BCUT2D eigenvalue weighted by Crippen LogP contribution is 2.30. The lowest BCUT2D eigenvalue weighted by Gasteiger charge is -2.38. The van der Waals surface area contributed by atoms with E-state index in [1.54, 1.807) is 11.8 Å². The van der Waals surface area contributed by atoms with E-state index in [2.05, 4.69) is 16.0 Å². The zero-order valence-corrected chi connectivity index (χ0v) is 13.4. The summed E-state index contributed by atoms with van der Waals surface area (Å²) < 4.78 is 5.49. The second kappa shape index (κ2) is 6.35. The highest BCUT2D eigenvalue weighted by Gasteiger charge is 2.48. The van der Waals surface area contributed by atoms with Gasteiger partial charge in [0.2, 0.25) is 0 Å². The molecule has 0 aromatic heterocycles. The molecule has 0 spiro atoms. The normalized spacial score (nSPS) is 31.9. The average Bonchev–Trinajstić information content (AvgIpc) is 3.14. The van der Waals surface area contributed by atoms with Crippen LogP contribution in [0.2, 0.25) is 0 Å². The first-order valence-electron chi connectivity index (χ1n) is 8.27. The van der Waals surface area contributed by atoms with Crippen LogP contribution in [0.15, 0.2) is 0 Å². The van der Waals surface area contributed by atoms with Gasteiger partial charge in [-0.1, -0.05) is 0 Å². The third-order valence-electron chi connectivity index (χ3n) is 5.18. The van der Waals surface area contributed by atoms with E-state index < -0.39 is 11.6 Å². The van der Waals surface area contributed by atoms with E-state index in [0.29, 0.717) is 32.5 Å². The van der Waals surface area contributed by atoms with Gasteiger partial charge in [0, 0.05) is 26.2 Å². The molecule has 0 aliphatic carbocycles. The Morgan fingerprint density at radius 1 is 1.35 bits per heavy atom. The number of urea groups is 2. The van der Waals surface area contributed by atoms with Gasteiger partial charge in [-0.2, -0.15) is 0 Å². The number of carbonyl (C=O) groups excluding carboxylic acids is 3. The van der Waals surface area contributed by atoms with Crippen LogP contribution in [0.3, 0.4) is 0 Å². The molecule has 3 aliphatic heterocycles. The topological polar surface area (TPSA) is 99.8 Å². The average molecular weight is 324 g/mol. The molecule has 3 aliphatic rings. The third kappa shape index (κ3) is 3.26. The fourth-order valence-corrected chi connectivity index (χ4v) is 3.62. The van der Waals surface area contributed by atoms with Gasteiger partial charge in [0.05, 0.1) is 6.10 Å². The van der Waals surface area contributed by atoms with Crippen molar-refractivity contribution in [1.82, 2.24) is 20.9 Å². The summed E-state index contributed by atoms with van der Waals surface area (Å²) in [5.74, 6) is -0.236. The maximum atomic E-state index is 12.2. The second-order valence-electron chi connectivity index (χ2n) is 6.69. The summed E-state index contributed by atoms with van der Waals surface area (Å²) in [7, 11) is 0. The van der Waals surface area contributed by atoms with Gasteiger partial charge in [-0.25, -0.2) is 9.59 Å². The number of hydrogen-bond acceptors (Lipinski definition) is 4. The zero-order valence-electron chi connectivity index (χ0n) is 13.4. The predicted octanol–water partition coefficient (Wildman–Crippen LogP) is 0.185. The van der Waals surface area contributed by atoms with Crippen LogP contribution in [0.1, 0.15) is 32.6 Å². The van der Waals surface area contributed by atoms with E-state index >= 15 is 0 Å². The second-order valence-corrected chi connectivity index (χ2v) is 6.69. The number of piperidine rings is 1. The van der Waals surface area contributed by atoms with Crippen LogP contribution in [-0.2, 0) is 9.53 Å². The summed E-state index contributed by atoms with van der Waals surface area (Å²) in [6.07, 6.45) is 3.57. The summed E-state index contributed by atoms with van der Waals surface area (Å²) in [6.45, 7) is 4.25. The molecule has 3 heterocycles. The Kier molecular flexibility index (Phi) is 4.43. The van der Waals surface area contributed by atoms with Crippen LogP contribution in [0.25, 0.3) is 0 Å². The van der Waals surface area contributed by atoms with Gasteiger partial charge in [-0.3, -0.25) is 10.1 Å². The summed E-state index contributed by atoms with van der Waals surface area (Å²) in [6, 6.07) is -0.516. The molecule has 3 fully saturated rings. The minimum atomic E-state index is -0.864. The van der Waals surface area contributed by atoms with Crippen molar-refractivity contribution in [1.29, 1.82) is 0 Å². The van der Waals surface area contributed by atoms with Crippen molar-refractivity contribution in [3.63, 3.8) is 0 Å². The molecule has 23 heavy (non-hydrogen) atoms. The van der Waals surface area contributed by atoms with E-state index in [-0.39, 0.29) is 24.0 Å². The minimum Gasteiger partial charge on any atom is -0.376 e. The van der Waals surface area contributed by atoms with Crippen molar-refractivity contribution in [2.24, 2.45) is 5.92 Å². The van der Waals surface area contributed by atoms with Crippen LogP contribution in [0, 0.1) is 5.92 Å². The van der Waals surface area contributed by atoms with Crippen LogP contribution in [-0.4, -0.2) is 60.8 Å². The highest BCUT2D eigenvalue weighted by molar-refractivity contribution is 6.06. The van der Waals surface area contributed by atoms with Gasteiger partial charge in [0.25, 0.3) is 5.91 Å². The Morgan fingerprint density at radius 2 is 2.09 bits per heavy atom. The van der Waals surface area contributed by atoms with Gasteiger partial charge in [-0.05, 0) is 38.5 Å². The quantitative estimate of drug-likeness (QED) is 0.645. The number of likely N-dealkylation sites (tertiary alicyclic amines) is 1. The molecule has 8 nitrogen and oxygen atoms in total. The Hall–Kier alpha value is -1.83. The molecular weight excluding hydrogens is 300 g/mol. The highest BCUT2D eigenvalue weighted by atomic mass is 16.5. The van der Waals surface area contributed by atoms with Gasteiger partial charge < -0.3 is 20.3 Å². The van der Waals surface area contributed by atoms with Crippen LogP contribution < -0.4 is 16.0 Å². The smallest absolute Gasteiger partial charge is 0.322 e. The van der Waals surface area contributed by atoms with Crippen molar-refractivity contribution < 1.29 is 19.1 Å². The SMILES string of the molecule is CC1(C2CCN(C(=O)NCC3CCCO3)CC2)NC(=O)NC1=O. The first-order valence-corrected chi connectivity index (χ1v) is 8.27. The number of nitrogens with one attached hydrogen (secondary N) is 3. The predicted molar refractivity (Wildman–Crippen MR) is 81.7 cm³/mol. The Balaban J connectivity index is 1.47. The van der Waals surface area contributed by atoms with E-state index in [1.807, 2.05) is 0 Å². The molecule has 128 valence electrons. The number of ether oxygens (including phenoxy) is 1. The lowest BCUT2D eigenvalue weighted by molar-refractivity contribution is -0.125. The molecule has 2 atom stereocenters. The molecule has 2 unspecified atom stereocenters. The molecular formula is C15H24N4O4. The molecule has 3 saturated heterocycles. The monoisotopic (exact) mass is 324 g/mol. The third-order valence-corrected chi connectivity index (χ3v) is 5.18. The van der Waals surface area contributed by atoms with Crippen molar-refractivity contribution in [2.75, 3.05) is 26.2 Å². The van der Waals surface area contributed by atoms with Crippen LogP contribution in [0.4, 0.5) is 9.59 Å². The molecule has 0 saturated carbocycles. The molecule has 5 amide bonds. The minimum absolute atomic E-state index is 0.0381. The molecule has 0 aromatic rings. The Labute approximate surface area is 135 Å². The first kappa shape index (κ1) is 16.0. The number of hydrogen-bond donors (Lipinski definition) is 3. The van der Waals surface area contributed by atoms with Crippen molar-refractivity contribution in [3.05, 3.63) is 0 Å². The molecule has 8 heteroatoms. The first-order chi connectivity index (χ1) is 11.0. The number of nitrogens with zero attached hydrogens (tertiary/aromatic N) is 1. The van der Waals surface area contributed by atoms with Crippen molar-refractivity contribution in [2.45, 2.75) is 44.2 Å². The summed E-state index contributed by atoms with van der Waals surface area (Å²) in [5.41, 5.74) is -0.864. The van der Waals surface area contributed by atoms with E-state index in [0.717, 1.165) is 19.4 Å². The number of rotatable bonds is 3. The van der Waals surface area contributed by atoms with Gasteiger partial charge >= 0.3 is 12.1 Å². The standard InChI is InChI=1S/C15H24N4O4/c1-15(12(20)17-13(21)18-15)10-4-6-19(7-5-10)14(22)16-9-11-3-2-8-23-11/h10-11H,2-9H2,1H3,(H,16,22)(H2,17,18,20,21). The number of amides is 5. The fraction of sp³-hybridized carbons (Fsp3) is 0.800. The lowest BCUT2D eigenvalue weighted by Crippen LogP contribution is -2.55. The number of carbonyl (C=O) groups is 3. The summed E-state index contributed by atoms with van der Waals surface area (Å²) in [4.78, 5) is 37.3. The van der Waals surface area contributed by atoms with Crippen molar-refractivity contribution >= 4 is 18.0 Å². The Morgan fingerprint density at radius 3 is 2.65 bits per heavy atom. The molecule has 0 bridgehead atoms. The largest absolute Gasteiger partial charge is 0.376 e. The molecule has 0 radical (unpaired) electrons.